The first kappa shape index (κ1) is 24.4. The third kappa shape index (κ3) is 9.00. The van der Waals surface area contributed by atoms with Gasteiger partial charge in [0.15, 0.2) is 6.61 Å². The first-order chi connectivity index (χ1) is 16.1. The summed E-state index contributed by atoms with van der Waals surface area (Å²) in [5.74, 6) is 1.12. The maximum absolute atomic E-state index is 11.9. The molecule has 3 aromatic rings. The normalized spacial score (nSPS) is 10.7. The van der Waals surface area contributed by atoms with Crippen LogP contribution in [-0.4, -0.2) is 30.4 Å². The van der Waals surface area contributed by atoms with Crippen molar-refractivity contribution in [2.45, 2.75) is 12.3 Å². The summed E-state index contributed by atoms with van der Waals surface area (Å²) in [5, 5.41) is 7.48. The molecule has 0 aliphatic carbocycles. The van der Waals surface area contributed by atoms with Crippen LogP contribution in [0.5, 0.6) is 5.75 Å². The Kier molecular flexibility index (Phi) is 9.82. The molecule has 0 heterocycles. The van der Waals surface area contributed by atoms with Crippen molar-refractivity contribution >= 4 is 41.4 Å². The van der Waals surface area contributed by atoms with Crippen LogP contribution in [-0.2, 0) is 21.9 Å². The highest BCUT2D eigenvalue weighted by Crippen LogP contribution is 2.20. The van der Waals surface area contributed by atoms with Crippen LogP contribution in [0.4, 0.5) is 0 Å². The first-order valence-electron chi connectivity index (χ1n) is 10.3. The highest BCUT2D eigenvalue weighted by molar-refractivity contribution is 7.99. The van der Waals surface area contributed by atoms with Crippen molar-refractivity contribution in [3.05, 3.63) is 101 Å². The lowest BCUT2D eigenvalue weighted by atomic mass is 10.2. The number of rotatable bonds is 11. The van der Waals surface area contributed by atoms with Gasteiger partial charge in [-0.15, -0.1) is 11.8 Å². The Morgan fingerprint density at radius 1 is 0.939 bits per heavy atom. The number of carbonyl (C=O) groups excluding carboxylic acids is 2. The topological polar surface area (TPSA) is 79.8 Å². The van der Waals surface area contributed by atoms with Crippen molar-refractivity contribution in [3.63, 3.8) is 0 Å². The number of hydrogen-bond acceptors (Lipinski definition) is 5. The predicted octanol–water partition coefficient (Wildman–Crippen LogP) is 4.42. The fraction of sp³-hybridized carbons (Fsp3) is 0.160. The molecule has 3 rings (SSSR count). The number of carbonyl (C=O) groups is 2. The largest absolute Gasteiger partial charge is 0.484 e. The quantitative estimate of drug-likeness (QED) is 0.314. The number of benzene rings is 3. The number of halogens is 1. The van der Waals surface area contributed by atoms with Crippen molar-refractivity contribution < 1.29 is 14.3 Å². The average Bonchev–Trinajstić information content (AvgIpc) is 2.84. The SMILES string of the molecule is O=C(COc1ccc(/C=N\NC(=O)CSCc2ccccc2Cl)cc1)NCc1ccccc1. The summed E-state index contributed by atoms with van der Waals surface area (Å²) >= 11 is 7.58. The fourth-order valence-electron chi connectivity index (χ4n) is 2.73. The molecule has 0 spiro atoms. The number of ether oxygens (including phenoxy) is 1. The Labute approximate surface area is 202 Å². The van der Waals surface area contributed by atoms with Crippen molar-refractivity contribution in [2.24, 2.45) is 5.10 Å². The van der Waals surface area contributed by atoms with E-state index in [1.165, 1.54) is 11.8 Å². The van der Waals surface area contributed by atoms with Gasteiger partial charge in [-0.2, -0.15) is 5.10 Å². The summed E-state index contributed by atoms with van der Waals surface area (Å²) in [6, 6.07) is 24.3. The minimum atomic E-state index is -0.195. The number of hydrogen-bond donors (Lipinski definition) is 2. The van der Waals surface area contributed by atoms with Gasteiger partial charge in [0.1, 0.15) is 5.75 Å². The zero-order chi connectivity index (χ0) is 23.3. The van der Waals surface area contributed by atoms with Crippen molar-refractivity contribution in [2.75, 3.05) is 12.4 Å². The van der Waals surface area contributed by atoms with Crippen LogP contribution in [0.3, 0.4) is 0 Å². The second kappa shape index (κ2) is 13.3. The van der Waals surface area contributed by atoms with E-state index < -0.39 is 0 Å². The molecule has 0 bridgehead atoms. The van der Waals surface area contributed by atoms with Gasteiger partial charge in [0.05, 0.1) is 12.0 Å². The molecule has 0 saturated heterocycles. The molecule has 3 aromatic carbocycles. The van der Waals surface area contributed by atoms with Crippen molar-refractivity contribution in [1.29, 1.82) is 0 Å². The Hall–Kier alpha value is -3.29. The zero-order valence-electron chi connectivity index (χ0n) is 17.9. The van der Waals surface area contributed by atoms with E-state index in [0.29, 0.717) is 23.1 Å². The maximum atomic E-state index is 11.9. The minimum Gasteiger partial charge on any atom is -0.484 e. The van der Waals surface area contributed by atoms with E-state index >= 15 is 0 Å². The van der Waals surface area contributed by atoms with Crippen molar-refractivity contribution in [1.82, 2.24) is 10.7 Å². The highest BCUT2D eigenvalue weighted by Gasteiger charge is 2.04. The Morgan fingerprint density at radius 3 is 2.42 bits per heavy atom. The molecular formula is C25H24ClN3O3S. The second-order valence-electron chi connectivity index (χ2n) is 7.00. The molecule has 170 valence electrons. The lowest BCUT2D eigenvalue weighted by molar-refractivity contribution is -0.123. The van der Waals surface area contributed by atoms with Crippen LogP contribution in [0, 0.1) is 0 Å². The summed E-state index contributed by atoms with van der Waals surface area (Å²) in [6.07, 6.45) is 1.55. The molecule has 0 unspecified atom stereocenters. The lowest BCUT2D eigenvalue weighted by Crippen LogP contribution is -2.28. The van der Waals surface area contributed by atoms with Gasteiger partial charge >= 0.3 is 0 Å². The third-order valence-corrected chi connectivity index (χ3v) is 5.78. The predicted molar refractivity (Wildman–Crippen MR) is 134 cm³/mol. The summed E-state index contributed by atoms with van der Waals surface area (Å²) in [6.45, 7) is 0.394. The van der Waals surface area contributed by atoms with Gasteiger partial charge < -0.3 is 10.1 Å². The molecule has 0 aromatic heterocycles. The van der Waals surface area contributed by atoms with Gasteiger partial charge in [0, 0.05) is 17.3 Å². The Bertz CT molecular complexity index is 1080. The van der Waals surface area contributed by atoms with E-state index in [0.717, 1.165) is 16.7 Å². The smallest absolute Gasteiger partial charge is 0.258 e. The highest BCUT2D eigenvalue weighted by atomic mass is 35.5. The van der Waals surface area contributed by atoms with Crippen LogP contribution in [0.2, 0.25) is 5.02 Å². The molecule has 0 atom stereocenters. The summed E-state index contributed by atoms with van der Waals surface area (Å²) in [4.78, 5) is 23.8. The molecule has 6 nitrogen and oxygen atoms in total. The molecule has 0 aliphatic rings. The van der Waals surface area contributed by atoms with Crippen LogP contribution in [0.25, 0.3) is 0 Å². The summed E-state index contributed by atoms with van der Waals surface area (Å²) in [7, 11) is 0. The first-order valence-corrected chi connectivity index (χ1v) is 11.8. The van der Waals surface area contributed by atoms with Gasteiger partial charge in [-0.05, 0) is 47.0 Å². The number of hydrazone groups is 1. The lowest BCUT2D eigenvalue weighted by Gasteiger charge is -2.08. The molecule has 33 heavy (non-hydrogen) atoms. The minimum absolute atomic E-state index is 0.0673. The molecule has 2 N–H and O–H groups in total. The monoisotopic (exact) mass is 481 g/mol. The van der Waals surface area contributed by atoms with Gasteiger partial charge in [0.25, 0.3) is 5.91 Å². The third-order valence-electron chi connectivity index (χ3n) is 4.43. The van der Waals surface area contributed by atoms with E-state index in [9.17, 15) is 9.59 Å². The van der Waals surface area contributed by atoms with Crippen molar-refractivity contribution in [3.8, 4) is 5.75 Å². The van der Waals surface area contributed by atoms with E-state index in [4.69, 9.17) is 16.3 Å². The van der Waals surface area contributed by atoms with Gasteiger partial charge in [-0.25, -0.2) is 5.43 Å². The standard InChI is InChI=1S/C25H24ClN3O3S/c26-23-9-5-4-8-21(23)17-33-18-25(31)29-28-15-20-10-12-22(13-11-20)32-16-24(30)27-14-19-6-2-1-3-7-19/h1-13,15H,14,16-18H2,(H,27,30)(H,29,31)/b28-15-. The molecule has 2 amide bonds. The van der Waals surface area contributed by atoms with Crippen LogP contribution >= 0.6 is 23.4 Å². The molecule has 8 heteroatoms. The summed E-state index contributed by atoms with van der Waals surface area (Å²) in [5.41, 5.74) is 5.32. The van der Waals surface area contributed by atoms with Crippen LogP contribution in [0.1, 0.15) is 16.7 Å². The molecular weight excluding hydrogens is 458 g/mol. The van der Waals surface area contributed by atoms with E-state index in [1.54, 1.807) is 30.5 Å². The molecule has 0 fully saturated rings. The van der Waals surface area contributed by atoms with Gasteiger partial charge in [0.2, 0.25) is 5.91 Å². The van der Waals surface area contributed by atoms with E-state index in [1.807, 2.05) is 54.6 Å². The fourth-order valence-corrected chi connectivity index (χ4v) is 3.83. The summed E-state index contributed by atoms with van der Waals surface area (Å²) < 4.78 is 5.50. The number of thioether (sulfide) groups is 1. The average molecular weight is 482 g/mol. The Balaban J connectivity index is 1.33. The van der Waals surface area contributed by atoms with Crippen LogP contribution in [0.15, 0.2) is 84.0 Å². The van der Waals surface area contributed by atoms with Gasteiger partial charge in [-0.1, -0.05) is 60.1 Å². The second-order valence-corrected chi connectivity index (χ2v) is 8.39. The number of nitrogens with one attached hydrogen (secondary N) is 2. The zero-order valence-corrected chi connectivity index (χ0v) is 19.4. The van der Waals surface area contributed by atoms with Gasteiger partial charge in [-0.3, -0.25) is 9.59 Å². The molecule has 0 saturated carbocycles. The maximum Gasteiger partial charge on any atom is 0.258 e. The number of amides is 2. The van der Waals surface area contributed by atoms with E-state index in [2.05, 4.69) is 15.8 Å². The van der Waals surface area contributed by atoms with E-state index in [-0.39, 0.29) is 24.2 Å². The Morgan fingerprint density at radius 2 is 1.67 bits per heavy atom. The molecule has 0 aliphatic heterocycles. The van der Waals surface area contributed by atoms with Crippen LogP contribution < -0.4 is 15.5 Å². The molecule has 0 radical (unpaired) electrons. The number of nitrogens with zero attached hydrogens (tertiary/aromatic N) is 1.